The van der Waals surface area contributed by atoms with Gasteiger partial charge in [0.05, 0.1) is 0 Å². The number of hydrogen-bond donors (Lipinski definition) is 2. The van der Waals surface area contributed by atoms with Gasteiger partial charge in [-0.05, 0) is 30.4 Å². The summed E-state index contributed by atoms with van der Waals surface area (Å²) in [6, 6.07) is 2.84. The largest absolute Gasteiger partial charge is 0.446 e. The molecule has 0 amide bonds. The van der Waals surface area contributed by atoms with Crippen LogP contribution < -0.4 is 4.72 Å². The lowest BCUT2D eigenvalue weighted by molar-refractivity contribution is 0.217. The van der Waals surface area contributed by atoms with E-state index in [2.05, 4.69) is 11.6 Å². The Balaban J connectivity index is 2.01. The zero-order valence-corrected chi connectivity index (χ0v) is 12.0. The third kappa shape index (κ3) is 3.58. The highest BCUT2D eigenvalue weighted by molar-refractivity contribution is 7.89. The first-order chi connectivity index (χ1) is 8.95. The monoisotopic (exact) mass is 287 g/mol. The Morgan fingerprint density at radius 3 is 2.58 bits per heavy atom. The van der Waals surface area contributed by atoms with E-state index in [0.29, 0.717) is 6.54 Å². The summed E-state index contributed by atoms with van der Waals surface area (Å²) in [6.45, 7) is 2.26. The van der Waals surface area contributed by atoms with Gasteiger partial charge >= 0.3 is 0 Å². The number of furan rings is 1. The molecule has 0 saturated heterocycles. The minimum atomic E-state index is -3.61. The zero-order valence-electron chi connectivity index (χ0n) is 11.2. The molecule has 1 aromatic heterocycles. The van der Waals surface area contributed by atoms with Crippen molar-refractivity contribution in [1.82, 2.24) is 4.72 Å². The van der Waals surface area contributed by atoms with E-state index in [9.17, 15) is 8.42 Å². The smallest absolute Gasteiger partial charge is 0.273 e. The number of nitrogens with one attached hydrogen (secondary N) is 1. The average Bonchev–Trinajstić information content (AvgIpc) is 2.87. The number of aliphatic hydroxyl groups is 1. The summed E-state index contributed by atoms with van der Waals surface area (Å²) in [5, 5.41) is 8.75. The molecule has 0 aliphatic heterocycles. The molecule has 0 bridgehead atoms. The van der Waals surface area contributed by atoms with Crippen LogP contribution in [-0.2, 0) is 16.6 Å². The van der Waals surface area contributed by atoms with Crippen molar-refractivity contribution < 1.29 is 17.9 Å². The Kier molecular flexibility index (Phi) is 4.32. The molecule has 0 atom stereocenters. The third-order valence-electron chi connectivity index (χ3n) is 3.81. The van der Waals surface area contributed by atoms with Gasteiger partial charge in [-0.15, -0.1) is 0 Å². The zero-order chi connectivity index (χ0) is 13.9. The third-order valence-corrected chi connectivity index (χ3v) is 5.08. The number of sulfonamides is 1. The molecule has 1 aromatic rings. The van der Waals surface area contributed by atoms with Crippen LogP contribution in [0.25, 0.3) is 0 Å². The lowest BCUT2D eigenvalue weighted by atomic mass is 9.76. The minimum Gasteiger partial charge on any atom is -0.446 e. The van der Waals surface area contributed by atoms with E-state index in [4.69, 9.17) is 9.52 Å². The second kappa shape index (κ2) is 5.64. The van der Waals surface area contributed by atoms with Crippen LogP contribution in [0, 0.1) is 5.41 Å². The van der Waals surface area contributed by atoms with Gasteiger partial charge in [0.1, 0.15) is 12.4 Å². The minimum absolute atomic E-state index is 0.0394. The van der Waals surface area contributed by atoms with Gasteiger partial charge in [-0.2, -0.15) is 0 Å². The molecule has 1 heterocycles. The van der Waals surface area contributed by atoms with Crippen LogP contribution in [0.5, 0.6) is 0 Å². The summed E-state index contributed by atoms with van der Waals surface area (Å²) < 4.78 is 31.8. The summed E-state index contributed by atoms with van der Waals surface area (Å²) in [5.74, 6) is 0.254. The fraction of sp³-hybridized carbons (Fsp3) is 0.692. The summed E-state index contributed by atoms with van der Waals surface area (Å²) in [6.07, 6.45) is 5.66. The molecule has 5 nitrogen and oxygen atoms in total. The Bertz CT molecular complexity index is 515. The van der Waals surface area contributed by atoms with E-state index in [1.165, 1.54) is 18.6 Å². The quantitative estimate of drug-likeness (QED) is 0.868. The van der Waals surface area contributed by atoms with Crippen molar-refractivity contribution in [2.45, 2.75) is 50.7 Å². The first kappa shape index (κ1) is 14.6. The van der Waals surface area contributed by atoms with Crippen molar-refractivity contribution in [3.8, 4) is 0 Å². The Morgan fingerprint density at radius 1 is 1.32 bits per heavy atom. The fourth-order valence-corrected chi connectivity index (χ4v) is 3.65. The lowest BCUT2D eigenvalue weighted by Gasteiger charge is -2.33. The molecular weight excluding hydrogens is 266 g/mol. The normalized spacial score (nSPS) is 19.5. The predicted molar refractivity (Wildman–Crippen MR) is 71.0 cm³/mol. The molecule has 1 aliphatic carbocycles. The van der Waals surface area contributed by atoms with Crippen LogP contribution in [0.15, 0.2) is 21.6 Å². The predicted octanol–water partition coefficient (Wildman–Crippen LogP) is 2.02. The van der Waals surface area contributed by atoms with Gasteiger partial charge in [-0.1, -0.05) is 26.2 Å². The van der Waals surface area contributed by atoms with Gasteiger partial charge in [0.15, 0.2) is 0 Å². The average molecular weight is 287 g/mol. The van der Waals surface area contributed by atoms with Crippen LogP contribution in [0.4, 0.5) is 0 Å². The van der Waals surface area contributed by atoms with Crippen molar-refractivity contribution in [3.05, 3.63) is 17.9 Å². The summed E-state index contributed by atoms with van der Waals surface area (Å²) >= 11 is 0. The first-order valence-corrected chi connectivity index (χ1v) is 8.13. The highest BCUT2D eigenvalue weighted by Gasteiger charge is 2.29. The van der Waals surface area contributed by atoms with Gasteiger partial charge in [0, 0.05) is 6.54 Å². The van der Waals surface area contributed by atoms with Crippen LogP contribution in [0.1, 0.15) is 44.8 Å². The Labute approximate surface area is 114 Å². The molecule has 108 valence electrons. The maximum atomic E-state index is 12.1. The van der Waals surface area contributed by atoms with Crippen LogP contribution >= 0.6 is 0 Å². The molecule has 0 spiro atoms. The van der Waals surface area contributed by atoms with Gasteiger partial charge in [0.25, 0.3) is 10.0 Å². The molecule has 6 heteroatoms. The number of aliphatic hydroxyl groups excluding tert-OH is 1. The molecule has 1 saturated carbocycles. The van der Waals surface area contributed by atoms with Crippen molar-refractivity contribution in [3.63, 3.8) is 0 Å². The molecule has 19 heavy (non-hydrogen) atoms. The van der Waals surface area contributed by atoms with E-state index in [0.717, 1.165) is 25.7 Å². The van der Waals surface area contributed by atoms with Gasteiger partial charge in [0.2, 0.25) is 5.09 Å². The van der Waals surface area contributed by atoms with Crippen molar-refractivity contribution in [2.24, 2.45) is 5.41 Å². The molecule has 2 rings (SSSR count). The molecule has 0 unspecified atom stereocenters. The molecule has 0 aromatic carbocycles. The van der Waals surface area contributed by atoms with Gasteiger partial charge in [-0.25, -0.2) is 13.1 Å². The maximum Gasteiger partial charge on any atom is 0.273 e. The van der Waals surface area contributed by atoms with E-state index in [1.54, 1.807) is 0 Å². The molecular formula is C13H21NO4S. The van der Waals surface area contributed by atoms with Crippen LogP contribution in [-0.4, -0.2) is 20.1 Å². The SMILES string of the molecule is CC1(CNS(=O)(=O)c2ccc(CO)o2)CCCCC1. The summed E-state index contributed by atoms with van der Waals surface area (Å²) in [5.41, 5.74) is 0.0394. The maximum absolute atomic E-state index is 12.1. The second-order valence-electron chi connectivity index (χ2n) is 5.57. The molecule has 0 radical (unpaired) electrons. The summed E-state index contributed by atoms with van der Waals surface area (Å²) in [7, 11) is -3.61. The molecule has 1 aliphatic rings. The van der Waals surface area contributed by atoms with E-state index >= 15 is 0 Å². The highest BCUT2D eigenvalue weighted by atomic mass is 32.2. The van der Waals surface area contributed by atoms with Crippen LogP contribution in [0.2, 0.25) is 0 Å². The Hall–Kier alpha value is -0.850. The lowest BCUT2D eigenvalue weighted by Crippen LogP contribution is -2.36. The van der Waals surface area contributed by atoms with Crippen molar-refractivity contribution in [2.75, 3.05) is 6.54 Å². The number of hydrogen-bond acceptors (Lipinski definition) is 4. The van der Waals surface area contributed by atoms with Crippen LogP contribution in [0.3, 0.4) is 0 Å². The Morgan fingerprint density at radius 2 is 2.00 bits per heavy atom. The molecule has 2 N–H and O–H groups in total. The first-order valence-electron chi connectivity index (χ1n) is 6.64. The standard InChI is InChI=1S/C13H21NO4S/c1-13(7-3-2-4-8-13)10-14-19(16,17)12-6-5-11(9-15)18-12/h5-6,14-15H,2-4,7-10H2,1H3. The van der Waals surface area contributed by atoms with Gasteiger partial charge in [-0.3, -0.25) is 0 Å². The van der Waals surface area contributed by atoms with Gasteiger partial charge < -0.3 is 9.52 Å². The highest BCUT2D eigenvalue weighted by Crippen LogP contribution is 2.35. The van der Waals surface area contributed by atoms with E-state index in [1.807, 2.05) is 0 Å². The van der Waals surface area contributed by atoms with Crippen molar-refractivity contribution in [1.29, 1.82) is 0 Å². The molecule has 1 fully saturated rings. The fourth-order valence-electron chi connectivity index (χ4n) is 2.51. The summed E-state index contributed by atoms with van der Waals surface area (Å²) in [4.78, 5) is 0. The van der Waals surface area contributed by atoms with E-state index < -0.39 is 10.0 Å². The van der Waals surface area contributed by atoms with Crippen molar-refractivity contribution >= 4 is 10.0 Å². The van der Waals surface area contributed by atoms with E-state index in [-0.39, 0.29) is 22.9 Å². The number of rotatable bonds is 5. The topological polar surface area (TPSA) is 79.5 Å². The second-order valence-corrected chi connectivity index (χ2v) is 7.27.